The van der Waals surface area contributed by atoms with Gasteiger partial charge in [-0.1, -0.05) is 42.5 Å². The van der Waals surface area contributed by atoms with Gasteiger partial charge in [-0.15, -0.1) is 0 Å². The van der Waals surface area contributed by atoms with Crippen LogP contribution in [0.5, 0.6) is 0 Å². The maximum atomic E-state index is 5.01. The lowest BCUT2D eigenvalue weighted by atomic mass is 10.1. The van der Waals surface area contributed by atoms with Crippen LogP contribution in [0.25, 0.3) is 0 Å². The van der Waals surface area contributed by atoms with Crippen molar-refractivity contribution in [3.8, 4) is 0 Å². The minimum atomic E-state index is 1.07. The molecule has 1 aromatic carbocycles. The average Bonchev–Trinajstić information content (AvgIpc) is 2.05. The molecular formula is C11H14S. The summed E-state index contributed by atoms with van der Waals surface area (Å²) in [6, 6.07) is 10.5. The summed E-state index contributed by atoms with van der Waals surface area (Å²) in [6.07, 6.45) is 3.40. The van der Waals surface area contributed by atoms with Gasteiger partial charge >= 0.3 is 0 Å². The van der Waals surface area contributed by atoms with Crippen molar-refractivity contribution in [1.82, 2.24) is 0 Å². The minimum absolute atomic E-state index is 1.07. The van der Waals surface area contributed by atoms with Gasteiger partial charge in [0.15, 0.2) is 0 Å². The zero-order chi connectivity index (χ0) is 8.81. The van der Waals surface area contributed by atoms with Gasteiger partial charge in [-0.2, -0.15) is 0 Å². The summed E-state index contributed by atoms with van der Waals surface area (Å²) in [4.78, 5) is 1.12. The van der Waals surface area contributed by atoms with Crippen LogP contribution in [0.4, 0.5) is 0 Å². The average molecular weight is 178 g/mol. The van der Waals surface area contributed by atoms with Gasteiger partial charge in [0.05, 0.1) is 0 Å². The molecule has 0 unspecified atom stereocenters. The van der Waals surface area contributed by atoms with Crippen LogP contribution in [-0.2, 0) is 6.42 Å². The second-order valence-corrected chi connectivity index (χ2v) is 3.74. The molecule has 0 amide bonds. The Morgan fingerprint density at radius 2 is 1.92 bits per heavy atom. The van der Waals surface area contributed by atoms with Crippen molar-refractivity contribution in [1.29, 1.82) is 0 Å². The Morgan fingerprint density at radius 1 is 1.25 bits per heavy atom. The van der Waals surface area contributed by atoms with E-state index in [0.29, 0.717) is 0 Å². The van der Waals surface area contributed by atoms with Crippen molar-refractivity contribution in [2.75, 3.05) is 0 Å². The van der Waals surface area contributed by atoms with E-state index in [9.17, 15) is 0 Å². The lowest BCUT2D eigenvalue weighted by Crippen LogP contribution is -1.89. The summed E-state index contributed by atoms with van der Waals surface area (Å²) in [5.41, 5.74) is 1.41. The first kappa shape index (κ1) is 9.40. The van der Waals surface area contributed by atoms with Crippen LogP contribution in [0, 0.1) is 0 Å². The molecule has 0 saturated heterocycles. The molecule has 0 bridgehead atoms. The molecule has 0 aliphatic heterocycles. The summed E-state index contributed by atoms with van der Waals surface area (Å²) < 4.78 is 0. The molecule has 0 saturated carbocycles. The van der Waals surface area contributed by atoms with Crippen molar-refractivity contribution >= 4 is 17.1 Å². The van der Waals surface area contributed by atoms with E-state index in [1.54, 1.807) is 0 Å². The number of aryl methyl sites for hydroxylation is 1. The van der Waals surface area contributed by atoms with E-state index in [4.69, 9.17) is 12.2 Å². The lowest BCUT2D eigenvalue weighted by molar-refractivity contribution is 0.870. The van der Waals surface area contributed by atoms with Gasteiger partial charge in [0.25, 0.3) is 0 Å². The van der Waals surface area contributed by atoms with E-state index in [2.05, 4.69) is 24.3 Å². The molecule has 12 heavy (non-hydrogen) atoms. The molecule has 0 N–H and O–H groups in total. The third kappa shape index (κ3) is 3.63. The van der Waals surface area contributed by atoms with Crippen molar-refractivity contribution in [2.45, 2.75) is 26.2 Å². The Bertz CT molecular complexity index is 238. The van der Waals surface area contributed by atoms with E-state index in [0.717, 1.165) is 17.7 Å². The van der Waals surface area contributed by atoms with Crippen LogP contribution in [0.2, 0.25) is 0 Å². The summed E-state index contributed by atoms with van der Waals surface area (Å²) in [5, 5.41) is 0. The second kappa shape index (κ2) is 5.04. The fraction of sp³-hybridized carbons (Fsp3) is 0.364. The maximum Gasteiger partial charge on any atom is -0.0102 e. The van der Waals surface area contributed by atoms with Crippen molar-refractivity contribution < 1.29 is 0 Å². The van der Waals surface area contributed by atoms with Gasteiger partial charge < -0.3 is 0 Å². The molecule has 0 fully saturated rings. The highest BCUT2D eigenvalue weighted by molar-refractivity contribution is 7.80. The summed E-state index contributed by atoms with van der Waals surface area (Å²) in [6.45, 7) is 2.01. The Morgan fingerprint density at radius 3 is 2.50 bits per heavy atom. The number of benzene rings is 1. The smallest absolute Gasteiger partial charge is 0.0102 e. The van der Waals surface area contributed by atoms with Crippen molar-refractivity contribution in [3.05, 3.63) is 35.9 Å². The van der Waals surface area contributed by atoms with Crippen LogP contribution < -0.4 is 0 Å². The summed E-state index contributed by atoms with van der Waals surface area (Å²) in [5.74, 6) is 0. The molecular weight excluding hydrogens is 164 g/mol. The third-order valence-electron chi connectivity index (χ3n) is 1.84. The fourth-order valence-electron chi connectivity index (χ4n) is 1.19. The van der Waals surface area contributed by atoms with Crippen molar-refractivity contribution in [3.63, 3.8) is 0 Å². The molecule has 1 heteroatoms. The van der Waals surface area contributed by atoms with Gasteiger partial charge in [-0.25, -0.2) is 0 Å². The molecule has 0 aliphatic carbocycles. The van der Waals surface area contributed by atoms with Crippen LogP contribution >= 0.6 is 12.2 Å². The monoisotopic (exact) mass is 178 g/mol. The van der Waals surface area contributed by atoms with Crippen LogP contribution in [0.3, 0.4) is 0 Å². The SMILES string of the molecule is CC(=S)CCCc1ccccc1. The standard InChI is InChI=1S/C11H14S/c1-10(12)6-5-9-11-7-3-2-4-8-11/h2-4,7-8H,5-6,9H2,1H3. The van der Waals surface area contributed by atoms with E-state index >= 15 is 0 Å². The first-order valence-corrected chi connectivity index (χ1v) is 4.73. The van der Waals surface area contributed by atoms with Gasteiger partial charge in [-0.05, 0) is 36.6 Å². The topological polar surface area (TPSA) is 0 Å². The highest BCUT2D eigenvalue weighted by atomic mass is 32.1. The normalized spacial score (nSPS) is 9.75. The maximum absolute atomic E-state index is 5.01. The Kier molecular flexibility index (Phi) is 3.95. The minimum Gasteiger partial charge on any atom is -0.0900 e. The van der Waals surface area contributed by atoms with E-state index in [1.807, 2.05) is 13.0 Å². The molecule has 1 rings (SSSR count). The first-order chi connectivity index (χ1) is 5.79. The molecule has 0 atom stereocenters. The van der Waals surface area contributed by atoms with Crippen LogP contribution in [-0.4, -0.2) is 4.86 Å². The molecule has 0 radical (unpaired) electrons. The molecule has 0 spiro atoms. The van der Waals surface area contributed by atoms with Crippen LogP contribution in [0.15, 0.2) is 30.3 Å². The molecule has 0 aliphatic rings. The Balaban J connectivity index is 2.29. The molecule has 0 heterocycles. The van der Waals surface area contributed by atoms with E-state index in [-0.39, 0.29) is 0 Å². The largest absolute Gasteiger partial charge is 0.0900 e. The predicted molar refractivity (Wildman–Crippen MR) is 57.7 cm³/mol. The zero-order valence-corrected chi connectivity index (χ0v) is 8.23. The van der Waals surface area contributed by atoms with Gasteiger partial charge in [0.1, 0.15) is 0 Å². The first-order valence-electron chi connectivity index (χ1n) is 4.32. The molecule has 0 aromatic heterocycles. The highest BCUT2D eigenvalue weighted by Gasteiger charge is 1.92. The zero-order valence-electron chi connectivity index (χ0n) is 7.42. The number of thiocarbonyl (C=S) groups is 1. The lowest BCUT2D eigenvalue weighted by Gasteiger charge is -1.99. The summed E-state index contributed by atoms with van der Waals surface area (Å²) in [7, 11) is 0. The van der Waals surface area contributed by atoms with E-state index < -0.39 is 0 Å². The quantitative estimate of drug-likeness (QED) is 0.637. The fourth-order valence-corrected chi connectivity index (χ4v) is 1.33. The number of hydrogen-bond acceptors (Lipinski definition) is 1. The number of rotatable bonds is 4. The van der Waals surface area contributed by atoms with Gasteiger partial charge in [-0.3, -0.25) is 0 Å². The Hall–Kier alpha value is -0.690. The molecule has 64 valence electrons. The molecule has 0 nitrogen and oxygen atoms in total. The summed E-state index contributed by atoms with van der Waals surface area (Å²) >= 11 is 5.01. The predicted octanol–water partition coefficient (Wildman–Crippen LogP) is 3.40. The van der Waals surface area contributed by atoms with Crippen molar-refractivity contribution in [2.24, 2.45) is 0 Å². The number of hydrogen-bond donors (Lipinski definition) is 0. The third-order valence-corrected chi connectivity index (χ3v) is 2.04. The Labute approximate surface area is 79.6 Å². The molecule has 1 aromatic rings. The second-order valence-electron chi connectivity index (χ2n) is 3.04. The van der Waals surface area contributed by atoms with Gasteiger partial charge in [0.2, 0.25) is 0 Å². The van der Waals surface area contributed by atoms with E-state index in [1.165, 1.54) is 12.0 Å². The van der Waals surface area contributed by atoms with Crippen LogP contribution in [0.1, 0.15) is 25.3 Å². The van der Waals surface area contributed by atoms with Gasteiger partial charge in [0, 0.05) is 0 Å². The highest BCUT2D eigenvalue weighted by Crippen LogP contribution is 2.04.